The van der Waals surface area contributed by atoms with Crippen molar-refractivity contribution < 1.29 is 14.7 Å². The molecular formula is C14H16N2O3. The summed E-state index contributed by atoms with van der Waals surface area (Å²) < 4.78 is 0. The van der Waals surface area contributed by atoms with E-state index in [1.807, 2.05) is 6.07 Å². The largest absolute Gasteiger partial charge is 0.365 e. The lowest BCUT2D eigenvalue weighted by atomic mass is 9.93. The number of urea groups is 1. The van der Waals surface area contributed by atoms with Gasteiger partial charge in [0.15, 0.2) is 5.72 Å². The Labute approximate surface area is 111 Å². The number of imide groups is 1. The first-order chi connectivity index (χ1) is 9.06. The predicted molar refractivity (Wildman–Crippen MR) is 68.0 cm³/mol. The summed E-state index contributed by atoms with van der Waals surface area (Å²) in [6.07, 6.45) is 1.57. The standard InChI is InChI=1S/C14H16N2O3/c1-10(17)16-13(18)15-9-5-8-12(15)14(16,19)11-6-3-2-4-7-11/h2-4,6-7,12,19H,5,8-9H2,1H3/t12-,14-/m1/s1. The van der Waals surface area contributed by atoms with Crippen LogP contribution in [0.3, 0.4) is 0 Å². The molecule has 2 heterocycles. The second kappa shape index (κ2) is 4.06. The maximum atomic E-state index is 12.3. The number of fused-ring (bicyclic) bond motifs is 1. The van der Waals surface area contributed by atoms with E-state index in [1.54, 1.807) is 29.2 Å². The summed E-state index contributed by atoms with van der Waals surface area (Å²) in [5.74, 6) is -0.425. The Bertz CT molecular complexity index is 531. The van der Waals surface area contributed by atoms with Crippen molar-refractivity contribution in [2.45, 2.75) is 31.5 Å². The Morgan fingerprint density at radius 2 is 2.05 bits per heavy atom. The molecule has 0 bridgehead atoms. The zero-order chi connectivity index (χ0) is 13.6. The van der Waals surface area contributed by atoms with E-state index in [0.29, 0.717) is 18.5 Å². The molecule has 5 heteroatoms. The van der Waals surface area contributed by atoms with Gasteiger partial charge in [-0.05, 0) is 12.8 Å². The number of carbonyl (C=O) groups is 2. The van der Waals surface area contributed by atoms with Crippen molar-refractivity contribution in [2.75, 3.05) is 6.54 Å². The van der Waals surface area contributed by atoms with Gasteiger partial charge >= 0.3 is 6.03 Å². The van der Waals surface area contributed by atoms with E-state index in [2.05, 4.69) is 0 Å². The van der Waals surface area contributed by atoms with Crippen molar-refractivity contribution in [1.29, 1.82) is 0 Å². The minimum absolute atomic E-state index is 0.341. The van der Waals surface area contributed by atoms with E-state index in [0.717, 1.165) is 11.3 Å². The zero-order valence-electron chi connectivity index (χ0n) is 10.7. The molecule has 0 saturated carbocycles. The number of amides is 3. The number of hydrogen-bond donors (Lipinski definition) is 1. The predicted octanol–water partition coefficient (Wildman–Crippen LogP) is 1.28. The summed E-state index contributed by atoms with van der Waals surface area (Å²) in [5.41, 5.74) is -0.950. The highest BCUT2D eigenvalue weighted by atomic mass is 16.3. The van der Waals surface area contributed by atoms with Crippen LogP contribution in [0.5, 0.6) is 0 Å². The number of carbonyl (C=O) groups excluding carboxylic acids is 2. The average Bonchev–Trinajstić information content (AvgIpc) is 2.95. The van der Waals surface area contributed by atoms with Crippen molar-refractivity contribution in [2.24, 2.45) is 0 Å². The molecule has 0 aliphatic carbocycles. The summed E-state index contributed by atoms with van der Waals surface area (Å²) in [4.78, 5) is 26.7. The molecule has 5 nitrogen and oxygen atoms in total. The lowest BCUT2D eigenvalue weighted by molar-refractivity contribution is -0.148. The monoisotopic (exact) mass is 260 g/mol. The maximum absolute atomic E-state index is 12.3. The molecule has 19 heavy (non-hydrogen) atoms. The van der Waals surface area contributed by atoms with E-state index in [-0.39, 0.29) is 12.1 Å². The average molecular weight is 260 g/mol. The number of aliphatic hydroxyl groups is 1. The molecule has 2 aliphatic heterocycles. The van der Waals surface area contributed by atoms with E-state index in [9.17, 15) is 14.7 Å². The molecule has 100 valence electrons. The Balaban J connectivity index is 2.15. The van der Waals surface area contributed by atoms with Gasteiger partial charge in [-0.1, -0.05) is 30.3 Å². The fourth-order valence-corrected chi connectivity index (χ4v) is 3.22. The summed E-state index contributed by atoms with van der Waals surface area (Å²) in [7, 11) is 0. The zero-order valence-corrected chi connectivity index (χ0v) is 10.7. The third-order valence-electron chi connectivity index (χ3n) is 4.01. The SMILES string of the molecule is CC(=O)N1C(=O)N2CCC[C@@H]2[C@]1(O)c1ccccc1. The summed E-state index contributed by atoms with van der Waals surface area (Å²) in [6.45, 7) is 1.91. The molecule has 1 aromatic rings. The maximum Gasteiger partial charge on any atom is 0.329 e. The van der Waals surface area contributed by atoms with Gasteiger partial charge < -0.3 is 10.0 Å². The molecule has 1 N–H and O–H groups in total. The Hall–Kier alpha value is -1.88. The van der Waals surface area contributed by atoms with E-state index < -0.39 is 11.6 Å². The molecule has 2 fully saturated rings. The van der Waals surface area contributed by atoms with Crippen molar-refractivity contribution >= 4 is 11.9 Å². The fourth-order valence-electron chi connectivity index (χ4n) is 3.22. The molecule has 0 radical (unpaired) electrons. The summed E-state index contributed by atoms with van der Waals surface area (Å²) in [5, 5.41) is 11.1. The van der Waals surface area contributed by atoms with Gasteiger partial charge in [0, 0.05) is 19.0 Å². The summed E-state index contributed by atoms with van der Waals surface area (Å²) >= 11 is 0. The molecule has 1 aromatic carbocycles. The van der Waals surface area contributed by atoms with E-state index in [1.165, 1.54) is 6.92 Å². The number of nitrogens with zero attached hydrogens (tertiary/aromatic N) is 2. The molecule has 3 amide bonds. The molecular weight excluding hydrogens is 244 g/mol. The van der Waals surface area contributed by atoms with Crippen molar-refractivity contribution in [3.63, 3.8) is 0 Å². The Morgan fingerprint density at radius 1 is 1.37 bits per heavy atom. The van der Waals surface area contributed by atoms with Crippen LogP contribution in [-0.2, 0) is 10.5 Å². The first kappa shape index (κ1) is 12.2. The van der Waals surface area contributed by atoms with Crippen molar-refractivity contribution in [1.82, 2.24) is 9.80 Å². The lowest BCUT2D eigenvalue weighted by Gasteiger charge is -2.34. The van der Waals surface area contributed by atoms with Gasteiger partial charge in [-0.3, -0.25) is 4.79 Å². The van der Waals surface area contributed by atoms with Crippen LogP contribution >= 0.6 is 0 Å². The van der Waals surface area contributed by atoms with Crippen LogP contribution in [0.1, 0.15) is 25.3 Å². The van der Waals surface area contributed by atoms with Crippen molar-refractivity contribution in [3.05, 3.63) is 35.9 Å². The van der Waals surface area contributed by atoms with Gasteiger partial charge in [0.1, 0.15) is 0 Å². The lowest BCUT2D eigenvalue weighted by Crippen LogP contribution is -2.50. The van der Waals surface area contributed by atoms with Crippen LogP contribution in [0.2, 0.25) is 0 Å². The van der Waals surface area contributed by atoms with Gasteiger partial charge in [0.05, 0.1) is 6.04 Å². The molecule has 2 saturated heterocycles. The van der Waals surface area contributed by atoms with E-state index in [4.69, 9.17) is 0 Å². The second-order valence-corrected chi connectivity index (χ2v) is 5.08. The minimum atomic E-state index is -1.54. The highest BCUT2D eigenvalue weighted by molar-refractivity contribution is 5.96. The first-order valence-electron chi connectivity index (χ1n) is 6.46. The molecule has 2 atom stereocenters. The molecule has 0 unspecified atom stereocenters. The molecule has 0 spiro atoms. The van der Waals surface area contributed by atoms with Crippen LogP contribution in [0.25, 0.3) is 0 Å². The molecule has 0 aromatic heterocycles. The van der Waals surface area contributed by atoms with Crippen molar-refractivity contribution in [3.8, 4) is 0 Å². The number of benzene rings is 1. The Morgan fingerprint density at radius 3 is 2.68 bits per heavy atom. The van der Waals surface area contributed by atoms with Crippen LogP contribution in [0.15, 0.2) is 30.3 Å². The van der Waals surface area contributed by atoms with Gasteiger partial charge in [-0.2, -0.15) is 0 Å². The Kier molecular flexibility index (Phi) is 2.60. The third kappa shape index (κ3) is 1.51. The highest BCUT2D eigenvalue weighted by Crippen LogP contribution is 2.44. The minimum Gasteiger partial charge on any atom is -0.365 e. The van der Waals surface area contributed by atoms with Gasteiger partial charge in [-0.15, -0.1) is 0 Å². The smallest absolute Gasteiger partial charge is 0.329 e. The normalized spacial score (nSPS) is 29.8. The topological polar surface area (TPSA) is 60.9 Å². The van der Waals surface area contributed by atoms with Crippen LogP contribution in [0, 0.1) is 0 Å². The van der Waals surface area contributed by atoms with Crippen LogP contribution in [-0.4, -0.2) is 39.4 Å². The fraction of sp³-hybridized carbons (Fsp3) is 0.429. The number of rotatable bonds is 1. The summed E-state index contributed by atoms with van der Waals surface area (Å²) in [6, 6.07) is 8.22. The molecule has 3 rings (SSSR count). The first-order valence-corrected chi connectivity index (χ1v) is 6.46. The van der Waals surface area contributed by atoms with E-state index >= 15 is 0 Å². The third-order valence-corrected chi connectivity index (χ3v) is 4.01. The van der Waals surface area contributed by atoms with Gasteiger partial charge in [-0.25, -0.2) is 9.69 Å². The number of hydrogen-bond acceptors (Lipinski definition) is 3. The highest BCUT2D eigenvalue weighted by Gasteiger charge is 2.60. The molecule has 2 aliphatic rings. The van der Waals surface area contributed by atoms with Gasteiger partial charge in [0.2, 0.25) is 5.91 Å². The van der Waals surface area contributed by atoms with Crippen LogP contribution < -0.4 is 0 Å². The quantitative estimate of drug-likeness (QED) is 0.827. The van der Waals surface area contributed by atoms with Gasteiger partial charge in [0.25, 0.3) is 0 Å². The second-order valence-electron chi connectivity index (χ2n) is 5.08. The van der Waals surface area contributed by atoms with Crippen LogP contribution in [0.4, 0.5) is 4.79 Å².